The van der Waals surface area contributed by atoms with Gasteiger partial charge in [0.15, 0.2) is 5.82 Å². The maximum Gasteiger partial charge on any atom is 0.252 e. The summed E-state index contributed by atoms with van der Waals surface area (Å²) in [5, 5.41) is 0. The van der Waals surface area contributed by atoms with E-state index < -0.39 is 0 Å². The standard InChI is InChI=1S/C98H87BN4/c1-95(2,3)79-57-80(96(4,5)6)60-83(59-79)102-89-45-43-70(64-31-19-13-20-32-64)53-85(89)99-86-54-71(65-33-21-14-22-34-65)44-46-90(86)103(84-61-81(97(7,8)9)58-82(62-84)98(10,11)12)92-56-77(55-91(102)93(92)99)88-63-87(76-49-72(66-35-23-15-24-36-66)47-73(50-76)67-37-25-16-26-38-67)100-94(101-88)78-51-74(68-39-27-17-28-40-68)48-75(52-78)69-41-29-18-30-42-69/h13-63H,1-12H3. The molecule has 0 radical (unpaired) electrons. The van der Waals surface area contributed by atoms with Crippen LogP contribution < -0.4 is 26.2 Å². The van der Waals surface area contributed by atoms with E-state index in [1.54, 1.807) is 0 Å². The smallest absolute Gasteiger partial charge is 0.252 e. The monoisotopic (exact) mass is 1330 g/mol. The van der Waals surface area contributed by atoms with Crippen LogP contribution in [0.15, 0.2) is 309 Å². The van der Waals surface area contributed by atoms with Crippen LogP contribution in [-0.2, 0) is 21.7 Å². The third-order valence-electron chi connectivity index (χ3n) is 21.0. The summed E-state index contributed by atoms with van der Waals surface area (Å²) in [6.07, 6.45) is 0. The first-order valence-electron chi connectivity index (χ1n) is 36.5. The molecule has 0 fully saturated rings. The fourth-order valence-corrected chi connectivity index (χ4v) is 15.1. The fraction of sp³-hybridized carbons (Fsp3) is 0.163. The number of benzene rings is 13. The molecule has 0 saturated carbocycles. The molecule has 0 amide bonds. The molecule has 0 unspecified atom stereocenters. The molecule has 0 spiro atoms. The van der Waals surface area contributed by atoms with E-state index in [0.717, 1.165) is 107 Å². The van der Waals surface area contributed by atoms with Gasteiger partial charge in [0.1, 0.15) is 0 Å². The summed E-state index contributed by atoms with van der Waals surface area (Å²) < 4.78 is 0. The first-order chi connectivity index (χ1) is 49.5. The zero-order chi connectivity index (χ0) is 71.1. The largest absolute Gasteiger partial charge is 0.311 e. The minimum atomic E-state index is -0.213. The average molecular weight is 1330 g/mol. The van der Waals surface area contributed by atoms with Crippen molar-refractivity contribution in [2.75, 3.05) is 9.80 Å². The topological polar surface area (TPSA) is 32.3 Å². The van der Waals surface area contributed by atoms with Crippen LogP contribution >= 0.6 is 0 Å². The normalized spacial score (nSPS) is 12.8. The first kappa shape index (κ1) is 66.2. The lowest BCUT2D eigenvalue weighted by molar-refractivity contribution is 0.568. The summed E-state index contributed by atoms with van der Waals surface area (Å²) >= 11 is 0. The molecule has 0 bridgehead atoms. The first-order valence-corrected chi connectivity index (χ1v) is 36.5. The van der Waals surface area contributed by atoms with Crippen molar-refractivity contribution in [1.82, 2.24) is 9.97 Å². The van der Waals surface area contributed by atoms with Gasteiger partial charge in [-0.2, -0.15) is 0 Å². The molecule has 14 aromatic rings. The van der Waals surface area contributed by atoms with Gasteiger partial charge in [0, 0.05) is 50.8 Å². The number of anilines is 6. The van der Waals surface area contributed by atoms with Crippen LogP contribution in [0.4, 0.5) is 34.1 Å². The Kier molecular flexibility index (Phi) is 16.6. The van der Waals surface area contributed by atoms with E-state index in [2.05, 4.69) is 402 Å². The zero-order valence-corrected chi connectivity index (χ0v) is 61.3. The summed E-state index contributed by atoms with van der Waals surface area (Å²) in [7, 11) is 0. The van der Waals surface area contributed by atoms with E-state index in [0.29, 0.717) is 5.82 Å². The molecule has 4 nitrogen and oxygen atoms in total. The Morgan fingerprint density at radius 3 is 0.796 bits per heavy atom. The minimum Gasteiger partial charge on any atom is -0.311 e. The number of aromatic nitrogens is 2. The highest BCUT2D eigenvalue weighted by molar-refractivity contribution is 7.00. The van der Waals surface area contributed by atoms with E-state index in [1.165, 1.54) is 60.9 Å². The van der Waals surface area contributed by atoms with E-state index in [9.17, 15) is 0 Å². The van der Waals surface area contributed by atoms with Gasteiger partial charge in [0.25, 0.3) is 6.71 Å². The predicted octanol–water partition coefficient (Wildman–Crippen LogP) is 24.8. The highest BCUT2D eigenvalue weighted by Gasteiger charge is 2.45. The minimum absolute atomic E-state index is 0.174. The van der Waals surface area contributed by atoms with Crippen LogP contribution in [0.2, 0.25) is 0 Å². The van der Waals surface area contributed by atoms with Gasteiger partial charge in [-0.15, -0.1) is 0 Å². The van der Waals surface area contributed by atoms with Crippen molar-refractivity contribution in [3.05, 3.63) is 332 Å². The van der Waals surface area contributed by atoms with Crippen LogP contribution in [0.25, 0.3) is 101 Å². The van der Waals surface area contributed by atoms with Crippen molar-refractivity contribution < 1.29 is 0 Å². The Bertz CT molecular complexity index is 5010. The van der Waals surface area contributed by atoms with Crippen molar-refractivity contribution in [2.24, 2.45) is 0 Å². The Morgan fingerprint density at radius 2 is 0.495 bits per heavy atom. The molecule has 0 N–H and O–H groups in total. The van der Waals surface area contributed by atoms with Crippen molar-refractivity contribution in [1.29, 1.82) is 0 Å². The van der Waals surface area contributed by atoms with Gasteiger partial charge >= 0.3 is 0 Å². The van der Waals surface area contributed by atoms with Gasteiger partial charge in [0.05, 0.1) is 11.4 Å². The van der Waals surface area contributed by atoms with Crippen LogP contribution in [-0.4, -0.2) is 16.7 Å². The Morgan fingerprint density at radius 1 is 0.223 bits per heavy atom. The lowest BCUT2D eigenvalue weighted by Gasteiger charge is -2.45. The molecule has 0 saturated heterocycles. The van der Waals surface area contributed by atoms with E-state index in [4.69, 9.17) is 9.97 Å². The van der Waals surface area contributed by atoms with E-state index in [-0.39, 0.29) is 28.4 Å². The molecular weight excluding hydrogens is 1240 g/mol. The number of fused-ring (bicyclic) bond motifs is 4. The summed E-state index contributed by atoms with van der Waals surface area (Å²) in [6.45, 7) is 28.0. The molecule has 13 aromatic carbocycles. The lowest BCUT2D eigenvalue weighted by Crippen LogP contribution is -2.61. The van der Waals surface area contributed by atoms with Crippen LogP contribution in [0.3, 0.4) is 0 Å². The quantitative estimate of drug-likeness (QED) is 0.121. The van der Waals surface area contributed by atoms with Gasteiger partial charge in [-0.05, 0) is 218 Å². The maximum atomic E-state index is 6.00. The van der Waals surface area contributed by atoms with Gasteiger partial charge in [0.2, 0.25) is 0 Å². The van der Waals surface area contributed by atoms with Crippen LogP contribution in [0.1, 0.15) is 105 Å². The van der Waals surface area contributed by atoms with Gasteiger partial charge in [-0.1, -0.05) is 301 Å². The maximum absolute atomic E-state index is 6.00. The van der Waals surface area contributed by atoms with Crippen molar-refractivity contribution >= 4 is 57.2 Å². The highest BCUT2D eigenvalue weighted by atomic mass is 15.2. The molecular formula is C98H87BN4. The molecule has 0 atom stereocenters. The van der Waals surface area contributed by atoms with Crippen LogP contribution in [0.5, 0.6) is 0 Å². The second-order valence-corrected chi connectivity index (χ2v) is 32.4. The molecule has 2 aliphatic heterocycles. The number of hydrogen-bond acceptors (Lipinski definition) is 4. The number of nitrogens with zero attached hydrogens (tertiary/aromatic N) is 4. The van der Waals surface area contributed by atoms with Gasteiger partial charge in [-0.25, -0.2) is 9.97 Å². The molecule has 5 heteroatoms. The zero-order valence-electron chi connectivity index (χ0n) is 61.3. The fourth-order valence-electron chi connectivity index (χ4n) is 15.1. The highest BCUT2D eigenvalue weighted by Crippen LogP contribution is 2.50. The van der Waals surface area contributed by atoms with Crippen molar-refractivity contribution in [2.45, 2.75) is 105 Å². The number of hydrogen-bond donors (Lipinski definition) is 0. The van der Waals surface area contributed by atoms with E-state index >= 15 is 0 Å². The van der Waals surface area contributed by atoms with Gasteiger partial charge < -0.3 is 9.80 Å². The molecule has 0 aliphatic carbocycles. The molecule has 103 heavy (non-hydrogen) atoms. The molecule has 2 aliphatic rings. The third-order valence-corrected chi connectivity index (χ3v) is 21.0. The Balaban J connectivity index is 1.06. The predicted molar refractivity (Wildman–Crippen MR) is 440 cm³/mol. The van der Waals surface area contributed by atoms with Gasteiger partial charge in [-0.3, -0.25) is 0 Å². The Hall–Kier alpha value is -11.4. The third kappa shape index (κ3) is 12.9. The van der Waals surface area contributed by atoms with Crippen LogP contribution in [0, 0.1) is 0 Å². The summed E-state index contributed by atoms with van der Waals surface area (Å²) in [5.41, 5.74) is 33.0. The lowest BCUT2D eigenvalue weighted by atomic mass is 9.33. The second kappa shape index (κ2) is 25.9. The number of rotatable bonds is 11. The summed E-state index contributed by atoms with van der Waals surface area (Å²) in [5.74, 6) is 0.629. The second-order valence-electron chi connectivity index (χ2n) is 32.4. The van der Waals surface area contributed by atoms with Crippen molar-refractivity contribution in [3.8, 4) is 101 Å². The summed E-state index contributed by atoms with van der Waals surface area (Å²) in [4.78, 5) is 17.1. The molecule has 3 heterocycles. The molecule has 16 rings (SSSR count). The summed E-state index contributed by atoms with van der Waals surface area (Å²) in [6, 6.07) is 115. The Labute approximate surface area is 610 Å². The SMILES string of the molecule is CC(C)(C)c1cc(N2c3ccc(-c4ccccc4)cc3B3c4cc(-c5ccccc5)ccc4N(c4cc(C(C)(C)C)cc(C(C)(C)C)c4)c4cc(-c5cc(-c6cc(-c7ccccc7)cc(-c7ccccc7)c6)nc(-c6cc(-c7ccccc7)cc(-c7ccccc7)c6)n5)cc2c43)cc(C(C)(C)C)c1. The molecule has 1 aromatic heterocycles. The van der Waals surface area contributed by atoms with Crippen molar-refractivity contribution in [3.63, 3.8) is 0 Å². The average Bonchev–Trinajstić information content (AvgIpc) is 0.692. The van der Waals surface area contributed by atoms with E-state index in [1.807, 2.05) is 0 Å². The molecule has 502 valence electrons.